The zero-order chi connectivity index (χ0) is 16.7. The third kappa shape index (κ3) is 5.40. The van der Waals surface area contributed by atoms with Gasteiger partial charge in [-0.3, -0.25) is 0 Å². The molecule has 0 radical (unpaired) electrons. The molecule has 1 aliphatic carbocycles. The van der Waals surface area contributed by atoms with Crippen molar-refractivity contribution < 1.29 is 19.4 Å². The summed E-state index contributed by atoms with van der Waals surface area (Å²) in [7, 11) is 0. The fourth-order valence-corrected chi connectivity index (χ4v) is 2.84. The van der Waals surface area contributed by atoms with Crippen LogP contribution in [-0.2, 0) is 9.53 Å². The van der Waals surface area contributed by atoms with E-state index >= 15 is 0 Å². The fourth-order valence-electron chi connectivity index (χ4n) is 2.84. The summed E-state index contributed by atoms with van der Waals surface area (Å²) in [6, 6.07) is 6.73. The van der Waals surface area contributed by atoms with E-state index in [0.717, 1.165) is 43.7 Å². The maximum atomic E-state index is 12.1. The van der Waals surface area contributed by atoms with Crippen LogP contribution in [0.4, 0.5) is 0 Å². The lowest BCUT2D eigenvalue weighted by Crippen LogP contribution is -2.24. The number of hydrogen-bond acceptors (Lipinski definition) is 3. The van der Waals surface area contributed by atoms with Crippen molar-refractivity contribution in [2.24, 2.45) is 5.92 Å². The molecule has 0 heterocycles. The highest BCUT2D eigenvalue weighted by atomic mass is 16.5. The van der Waals surface area contributed by atoms with Gasteiger partial charge in [0.1, 0.15) is 6.10 Å². The smallest absolute Gasteiger partial charge is 0.338 e. The van der Waals surface area contributed by atoms with Gasteiger partial charge in [0.15, 0.2) is 0 Å². The summed E-state index contributed by atoms with van der Waals surface area (Å²) in [6.45, 7) is 3.77. The quantitative estimate of drug-likeness (QED) is 0.488. The average molecular weight is 314 g/mol. The van der Waals surface area contributed by atoms with E-state index in [9.17, 15) is 9.59 Å². The molecule has 0 aliphatic heterocycles. The maximum Gasteiger partial charge on any atom is 0.338 e. The van der Waals surface area contributed by atoms with Crippen molar-refractivity contribution >= 4 is 18.0 Å². The Morgan fingerprint density at radius 2 is 1.83 bits per heavy atom. The van der Waals surface area contributed by atoms with E-state index in [-0.39, 0.29) is 12.1 Å². The van der Waals surface area contributed by atoms with Crippen molar-refractivity contribution in [3.05, 3.63) is 54.1 Å². The lowest BCUT2D eigenvalue weighted by molar-refractivity contribution is -0.131. The monoisotopic (exact) mass is 314 g/mol. The number of esters is 1. The fraction of sp³-hybridized carbons (Fsp3) is 0.368. The SMILES string of the molecule is C=CCC1CCC(OC(=O)c2ccc(/C=C/C(=O)O)cc2)CC1. The highest BCUT2D eigenvalue weighted by molar-refractivity contribution is 5.90. The van der Waals surface area contributed by atoms with Crippen LogP contribution in [0.2, 0.25) is 0 Å². The summed E-state index contributed by atoms with van der Waals surface area (Å²) in [4.78, 5) is 22.6. The third-order valence-electron chi connectivity index (χ3n) is 4.13. The van der Waals surface area contributed by atoms with Gasteiger partial charge in [-0.25, -0.2) is 9.59 Å². The van der Waals surface area contributed by atoms with Crippen molar-refractivity contribution in [2.75, 3.05) is 0 Å². The summed E-state index contributed by atoms with van der Waals surface area (Å²) in [5, 5.41) is 8.59. The van der Waals surface area contributed by atoms with Gasteiger partial charge in [-0.15, -0.1) is 6.58 Å². The van der Waals surface area contributed by atoms with E-state index in [0.29, 0.717) is 11.5 Å². The number of carboxylic acid groups (broad SMARTS) is 1. The normalized spacial score (nSPS) is 21.0. The van der Waals surface area contributed by atoms with Crippen LogP contribution in [0.3, 0.4) is 0 Å². The molecule has 122 valence electrons. The minimum Gasteiger partial charge on any atom is -0.478 e. The second-order valence-electron chi connectivity index (χ2n) is 5.87. The van der Waals surface area contributed by atoms with E-state index in [2.05, 4.69) is 6.58 Å². The van der Waals surface area contributed by atoms with Crippen molar-refractivity contribution in [2.45, 2.75) is 38.2 Å². The highest BCUT2D eigenvalue weighted by Crippen LogP contribution is 2.29. The Bertz CT molecular complexity index is 578. The molecule has 4 nitrogen and oxygen atoms in total. The molecule has 0 unspecified atom stereocenters. The van der Waals surface area contributed by atoms with Crippen molar-refractivity contribution in [3.63, 3.8) is 0 Å². The molecule has 0 saturated heterocycles. The second-order valence-corrected chi connectivity index (χ2v) is 5.87. The molecule has 0 amide bonds. The van der Waals surface area contributed by atoms with Crippen LogP contribution < -0.4 is 0 Å². The van der Waals surface area contributed by atoms with Crippen LogP contribution in [0.25, 0.3) is 6.08 Å². The van der Waals surface area contributed by atoms with Crippen molar-refractivity contribution in [1.82, 2.24) is 0 Å². The van der Waals surface area contributed by atoms with Gasteiger partial charge >= 0.3 is 11.9 Å². The number of hydrogen-bond donors (Lipinski definition) is 1. The Labute approximate surface area is 136 Å². The van der Waals surface area contributed by atoms with Gasteiger partial charge in [-0.2, -0.15) is 0 Å². The molecule has 1 N–H and O–H groups in total. The maximum absolute atomic E-state index is 12.1. The number of benzene rings is 1. The molecule has 23 heavy (non-hydrogen) atoms. The summed E-state index contributed by atoms with van der Waals surface area (Å²) >= 11 is 0. The lowest BCUT2D eigenvalue weighted by atomic mass is 9.85. The number of carbonyl (C=O) groups is 2. The summed E-state index contributed by atoms with van der Waals surface area (Å²) in [5.41, 5.74) is 1.22. The van der Waals surface area contributed by atoms with Crippen LogP contribution in [0.1, 0.15) is 48.0 Å². The van der Waals surface area contributed by atoms with E-state index in [4.69, 9.17) is 9.84 Å². The molecule has 0 bridgehead atoms. The minimum atomic E-state index is -0.999. The lowest BCUT2D eigenvalue weighted by Gasteiger charge is -2.27. The molecule has 2 rings (SSSR count). The number of rotatable bonds is 6. The van der Waals surface area contributed by atoms with E-state index in [1.165, 1.54) is 6.08 Å². The largest absolute Gasteiger partial charge is 0.478 e. The highest BCUT2D eigenvalue weighted by Gasteiger charge is 2.23. The first-order valence-corrected chi connectivity index (χ1v) is 7.91. The molecular weight excluding hydrogens is 292 g/mol. The van der Waals surface area contributed by atoms with Gasteiger partial charge in [-0.1, -0.05) is 18.2 Å². The van der Waals surface area contributed by atoms with Crippen LogP contribution in [0.5, 0.6) is 0 Å². The van der Waals surface area contributed by atoms with Crippen LogP contribution in [-0.4, -0.2) is 23.1 Å². The summed E-state index contributed by atoms with van der Waals surface area (Å²) in [6.07, 6.45) is 9.49. The molecule has 4 heteroatoms. The summed E-state index contributed by atoms with van der Waals surface area (Å²) < 4.78 is 5.57. The first-order chi connectivity index (χ1) is 11.1. The molecular formula is C19H22O4. The molecule has 1 aromatic rings. The van der Waals surface area contributed by atoms with Gasteiger partial charge in [0, 0.05) is 6.08 Å². The molecule has 0 aromatic heterocycles. The first kappa shape index (κ1) is 17.0. The first-order valence-electron chi connectivity index (χ1n) is 7.91. The van der Waals surface area contributed by atoms with Gasteiger partial charge < -0.3 is 9.84 Å². The Morgan fingerprint density at radius 3 is 2.39 bits per heavy atom. The predicted molar refractivity (Wildman–Crippen MR) is 89.1 cm³/mol. The predicted octanol–water partition coefficient (Wildman–Crippen LogP) is 4.08. The number of allylic oxidation sites excluding steroid dienone is 1. The van der Waals surface area contributed by atoms with Crippen molar-refractivity contribution in [3.8, 4) is 0 Å². The zero-order valence-electron chi connectivity index (χ0n) is 13.1. The summed E-state index contributed by atoms with van der Waals surface area (Å²) in [5.74, 6) is -0.644. The standard InChI is InChI=1S/C19H22O4/c1-2-3-14-6-11-17(12-7-14)23-19(22)16-9-4-15(5-10-16)8-13-18(20)21/h2,4-5,8-10,13-14,17H,1,3,6-7,11-12H2,(H,20,21)/b13-8+. The molecule has 1 aromatic carbocycles. The minimum absolute atomic E-state index is 0.00449. The molecule has 0 spiro atoms. The van der Waals surface area contributed by atoms with Crippen LogP contribution in [0.15, 0.2) is 43.0 Å². The Morgan fingerprint density at radius 1 is 1.17 bits per heavy atom. The van der Waals surface area contributed by atoms with Crippen molar-refractivity contribution in [1.29, 1.82) is 0 Å². The number of carbonyl (C=O) groups excluding carboxylic acids is 1. The molecule has 1 aliphatic rings. The third-order valence-corrected chi connectivity index (χ3v) is 4.13. The van der Waals surface area contributed by atoms with E-state index in [1.54, 1.807) is 24.3 Å². The topological polar surface area (TPSA) is 63.6 Å². The van der Waals surface area contributed by atoms with Gasteiger partial charge in [0.2, 0.25) is 0 Å². The zero-order valence-corrected chi connectivity index (χ0v) is 13.1. The number of ether oxygens (including phenoxy) is 1. The van der Waals surface area contributed by atoms with Crippen LogP contribution in [0, 0.1) is 5.92 Å². The molecule has 0 atom stereocenters. The van der Waals surface area contributed by atoms with Gasteiger partial charge in [-0.05, 0) is 61.8 Å². The van der Waals surface area contributed by atoms with Gasteiger partial charge in [0.05, 0.1) is 5.56 Å². The molecule has 1 fully saturated rings. The van der Waals surface area contributed by atoms with Crippen LogP contribution >= 0.6 is 0 Å². The Balaban J connectivity index is 1.86. The average Bonchev–Trinajstić information content (AvgIpc) is 2.55. The second kappa shape index (κ2) is 8.32. The Hall–Kier alpha value is -2.36. The Kier molecular flexibility index (Phi) is 6.15. The van der Waals surface area contributed by atoms with E-state index < -0.39 is 5.97 Å². The number of carboxylic acids is 1. The van der Waals surface area contributed by atoms with E-state index in [1.807, 2.05) is 6.08 Å². The van der Waals surface area contributed by atoms with Gasteiger partial charge in [0.25, 0.3) is 0 Å². The molecule has 1 saturated carbocycles. The number of aliphatic carboxylic acids is 1.